The summed E-state index contributed by atoms with van der Waals surface area (Å²) in [6, 6.07) is 0.866. The number of ketones is 2. The standard InChI is InChI=1S/2C26H42N4O6S/c31-19(13-14-21(32)25(34)36-30-16-8-9-17-30)10-4-2-1-3-7-15-27-23(33)12-6-5-11-22-24-20(18-37-22)28-26(35)29-24;31-21(13-10-9-12-20-25-19(18-37-20)28-26(35)29-25)27-17-11-7-5-3-1-2-4-6-8-14-24(34)36-30-22(32)15-16-23(30)33/h20,22,24H,1-18H2,(H,27,33)(H2,28,29,35);19-20,25H,1-18H2,(H,27,31)(H2,28,29,35)/t20-,22?,24-;19-,20-,25-/m00/s1. The Balaban J connectivity index is 0.000000274. The fraction of sp³-hybridized carbons (Fsp3) is 0.808. The third-order valence-electron chi connectivity index (χ3n) is 14.3. The van der Waals surface area contributed by atoms with Crippen LogP contribution in [0.15, 0.2) is 0 Å². The van der Waals surface area contributed by atoms with E-state index in [1.807, 2.05) is 23.5 Å². The first-order valence-electron chi connectivity index (χ1n) is 27.8. The Hall–Kier alpha value is -4.44. The van der Waals surface area contributed by atoms with E-state index < -0.39 is 29.5 Å². The number of fused-ring (bicyclic) bond motifs is 2. The van der Waals surface area contributed by atoms with Gasteiger partial charge in [-0.3, -0.25) is 28.8 Å². The van der Waals surface area contributed by atoms with Crippen molar-refractivity contribution >= 4 is 82.7 Å². The molecular formula is C52H84N8O12S2. The number of nitrogens with zero attached hydrogens (tertiary/aromatic N) is 2. The highest BCUT2D eigenvalue weighted by atomic mass is 32.2. The van der Waals surface area contributed by atoms with Crippen LogP contribution in [0.2, 0.25) is 0 Å². The highest BCUT2D eigenvalue weighted by molar-refractivity contribution is 8.00. The topological polar surface area (TPSA) is 268 Å². The molecule has 0 spiro atoms. The summed E-state index contributed by atoms with van der Waals surface area (Å²) in [5.41, 5.74) is 0. The average molecular weight is 1080 g/mol. The number of unbranched alkanes of at least 4 members (excludes halogenated alkanes) is 14. The van der Waals surface area contributed by atoms with Crippen molar-refractivity contribution in [1.82, 2.24) is 42.0 Å². The van der Waals surface area contributed by atoms with E-state index in [9.17, 15) is 47.9 Å². The van der Waals surface area contributed by atoms with Crippen LogP contribution in [-0.2, 0) is 48.0 Å². The minimum Gasteiger partial charge on any atom is -0.362 e. The maximum absolute atomic E-state index is 12.0. The number of urea groups is 2. The van der Waals surface area contributed by atoms with Gasteiger partial charge in [0.2, 0.25) is 17.6 Å². The first-order chi connectivity index (χ1) is 35.9. The van der Waals surface area contributed by atoms with Crippen LogP contribution < -0.4 is 31.9 Å². The van der Waals surface area contributed by atoms with Gasteiger partial charge >= 0.3 is 24.0 Å². The van der Waals surface area contributed by atoms with Crippen LogP contribution >= 0.6 is 23.5 Å². The molecule has 416 valence electrons. The molecule has 0 saturated carbocycles. The molecule has 74 heavy (non-hydrogen) atoms. The van der Waals surface area contributed by atoms with Crippen LogP contribution in [0.4, 0.5) is 9.59 Å². The Bertz CT molecular complexity index is 1860. The van der Waals surface area contributed by atoms with Gasteiger partial charge in [0.1, 0.15) is 5.78 Å². The minimum absolute atomic E-state index is 0.00518. The van der Waals surface area contributed by atoms with Crippen LogP contribution in [0.5, 0.6) is 0 Å². The lowest BCUT2D eigenvalue weighted by molar-refractivity contribution is -0.197. The largest absolute Gasteiger partial charge is 0.393 e. The Morgan fingerprint density at radius 2 is 0.946 bits per heavy atom. The molecule has 0 aliphatic carbocycles. The smallest absolute Gasteiger partial charge is 0.362 e. The van der Waals surface area contributed by atoms with Crippen molar-refractivity contribution in [1.29, 1.82) is 0 Å². The van der Waals surface area contributed by atoms with Crippen molar-refractivity contribution in [2.24, 2.45) is 0 Å². The Labute approximate surface area is 445 Å². The molecule has 6 aliphatic rings. The molecule has 6 heterocycles. The summed E-state index contributed by atoms with van der Waals surface area (Å²) < 4.78 is 0. The number of amides is 8. The van der Waals surface area contributed by atoms with Crippen LogP contribution in [0.3, 0.4) is 0 Å². The first kappa shape index (κ1) is 60.4. The Kier molecular flexibility index (Phi) is 28.0. The predicted molar refractivity (Wildman–Crippen MR) is 281 cm³/mol. The number of thioether (sulfide) groups is 2. The summed E-state index contributed by atoms with van der Waals surface area (Å²) >= 11 is 3.82. The molecule has 0 aromatic heterocycles. The van der Waals surface area contributed by atoms with Gasteiger partial charge in [0.25, 0.3) is 11.8 Å². The van der Waals surface area contributed by atoms with Crippen molar-refractivity contribution in [3.63, 3.8) is 0 Å². The fourth-order valence-corrected chi connectivity index (χ4v) is 13.1. The third-order valence-corrected chi connectivity index (χ3v) is 17.3. The summed E-state index contributed by atoms with van der Waals surface area (Å²) in [6.45, 7) is 2.73. The quantitative estimate of drug-likeness (QED) is 0.0182. The number of hydrogen-bond donors (Lipinski definition) is 6. The molecule has 6 saturated heterocycles. The lowest BCUT2D eigenvalue weighted by Gasteiger charge is -2.16. The summed E-state index contributed by atoms with van der Waals surface area (Å²) in [6.07, 6.45) is 23.7. The van der Waals surface area contributed by atoms with Crippen molar-refractivity contribution in [3.8, 4) is 0 Å². The van der Waals surface area contributed by atoms with Crippen LogP contribution in [-0.4, -0.2) is 142 Å². The molecule has 6 atom stereocenters. The van der Waals surface area contributed by atoms with Gasteiger partial charge in [-0.05, 0) is 64.2 Å². The second-order valence-corrected chi connectivity index (χ2v) is 23.0. The van der Waals surface area contributed by atoms with Crippen molar-refractivity contribution < 1.29 is 57.6 Å². The van der Waals surface area contributed by atoms with E-state index in [-0.39, 0.29) is 85.9 Å². The van der Waals surface area contributed by atoms with Gasteiger partial charge in [-0.15, -0.1) is 10.1 Å². The summed E-state index contributed by atoms with van der Waals surface area (Å²) in [5.74, 6) is -0.726. The maximum Gasteiger partial charge on any atom is 0.393 e. The van der Waals surface area contributed by atoms with Crippen molar-refractivity contribution in [2.75, 3.05) is 37.7 Å². The first-order valence-corrected chi connectivity index (χ1v) is 29.9. The van der Waals surface area contributed by atoms with Crippen LogP contribution in [0, 0.1) is 0 Å². The molecule has 0 radical (unpaired) electrons. The molecule has 8 amide bonds. The summed E-state index contributed by atoms with van der Waals surface area (Å²) in [7, 11) is 0. The summed E-state index contributed by atoms with van der Waals surface area (Å²) in [4.78, 5) is 127. The number of hydroxylamine groups is 4. The van der Waals surface area contributed by atoms with Gasteiger partial charge < -0.3 is 41.6 Å². The molecule has 6 rings (SSSR count). The molecule has 0 bridgehead atoms. The molecule has 0 aromatic carbocycles. The lowest BCUT2D eigenvalue weighted by atomic mass is 10.0. The van der Waals surface area contributed by atoms with Crippen molar-refractivity contribution in [3.05, 3.63) is 0 Å². The van der Waals surface area contributed by atoms with Crippen LogP contribution in [0.1, 0.15) is 193 Å². The number of hydrogen-bond acceptors (Lipinski definition) is 15. The number of imide groups is 1. The third kappa shape index (κ3) is 22.8. The van der Waals surface area contributed by atoms with E-state index in [4.69, 9.17) is 9.68 Å². The average Bonchev–Trinajstić information content (AvgIpc) is 4.26. The van der Waals surface area contributed by atoms with Gasteiger partial charge in [0.15, 0.2) is 0 Å². The monoisotopic (exact) mass is 1080 g/mol. The van der Waals surface area contributed by atoms with E-state index in [0.717, 1.165) is 146 Å². The second-order valence-electron chi connectivity index (χ2n) is 20.4. The molecule has 22 heteroatoms. The van der Waals surface area contributed by atoms with Gasteiger partial charge in [-0.25, -0.2) is 19.2 Å². The van der Waals surface area contributed by atoms with Gasteiger partial charge in [-0.2, -0.15) is 23.5 Å². The van der Waals surface area contributed by atoms with E-state index in [2.05, 4.69) is 31.9 Å². The Morgan fingerprint density at radius 1 is 0.500 bits per heavy atom. The normalized spacial score (nSPS) is 22.7. The molecule has 1 unspecified atom stereocenters. The van der Waals surface area contributed by atoms with Crippen molar-refractivity contribution in [2.45, 2.75) is 227 Å². The number of Topliss-reactive ketones (excluding diaryl/α,β-unsaturated/α-hetero) is 2. The molecule has 0 aromatic rings. The van der Waals surface area contributed by atoms with Gasteiger partial charge in [0, 0.05) is 99.6 Å². The fourth-order valence-electron chi connectivity index (χ4n) is 10.0. The highest BCUT2D eigenvalue weighted by Gasteiger charge is 2.43. The van der Waals surface area contributed by atoms with Crippen LogP contribution in [0.25, 0.3) is 0 Å². The van der Waals surface area contributed by atoms with Gasteiger partial charge in [0.05, 0.1) is 24.2 Å². The highest BCUT2D eigenvalue weighted by Crippen LogP contribution is 2.34. The maximum atomic E-state index is 12.0. The molecule has 6 fully saturated rings. The molecule has 6 N–H and O–H groups in total. The van der Waals surface area contributed by atoms with E-state index in [1.165, 1.54) is 11.5 Å². The predicted octanol–water partition coefficient (Wildman–Crippen LogP) is 5.98. The minimum atomic E-state index is -0.860. The number of rotatable bonds is 36. The second kappa shape index (κ2) is 34.3. The number of carbonyl (C=O) groups excluding carboxylic acids is 10. The molecular weight excluding hydrogens is 993 g/mol. The van der Waals surface area contributed by atoms with E-state index in [1.54, 1.807) is 0 Å². The zero-order valence-electron chi connectivity index (χ0n) is 43.5. The summed E-state index contributed by atoms with van der Waals surface area (Å²) in [5, 5.41) is 20.9. The lowest BCUT2D eigenvalue weighted by Crippen LogP contribution is -2.36. The number of nitrogens with one attached hydrogen (secondary N) is 6. The zero-order valence-corrected chi connectivity index (χ0v) is 45.2. The molecule has 6 aliphatic heterocycles. The van der Waals surface area contributed by atoms with E-state index >= 15 is 0 Å². The zero-order chi connectivity index (χ0) is 52.9. The van der Waals surface area contributed by atoms with E-state index in [0.29, 0.717) is 60.9 Å². The Morgan fingerprint density at radius 3 is 1.45 bits per heavy atom. The SMILES string of the molecule is O=C(CCCCCCCNC(=O)CCCCC1SC[C@@H]2NC(=O)N[C@H]12)CCC(=O)C(=O)ON1CCCC1.O=C(CCCC[C@@H]1SC[C@@H]2NC(=O)N[C@@H]21)NCCCCCCCCCCCC(=O)ON1C(=O)CCC1=O. The van der Waals surface area contributed by atoms with Gasteiger partial charge in [-0.1, -0.05) is 77.0 Å². The molecule has 20 nitrogen and oxygen atoms in total. The number of carbonyl (C=O) groups is 10.